The number of hydrogen-bond acceptors (Lipinski definition) is 8. The molecule has 52 heavy (non-hydrogen) atoms. The molecule has 6 rings (SSSR count). The van der Waals surface area contributed by atoms with Gasteiger partial charge in [-0.05, 0) is 79.9 Å². The second kappa shape index (κ2) is 15.6. The van der Waals surface area contributed by atoms with Gasteiger partial charge in [0.15, 0.2) is 17.2 Å². The molecule has 1 N–H and O–H groups in total. The van der Waals surface area contributed by atoms with E-state index in [2.05, 4.69) is 10.5 Å². The Morgan fingerprint density at radius 1 is 1.00 bits per heavy atom. The van der Waals surface area contributed by atoms with Crippen molar-refractivity contribution < 1.29 is 33.5 Å². The lowest BCUT2D eigenvalue weighted by Crippen LogP contribution is -2.57. The largest absolute Gasteiger partial charge is 0.495 e. The summed E-state index contributed by atoms with van der Waals surface area (Å²) in [7, 11) is 1.56. The van der Waals surface area contributed by atoms with Crippen LogP contribution in [-0.2, 0) is 28.8 Å². The van der Waals surface area contributed by atoms with Crippen molar-refractivity contribution in [1.82, 2.24) is 10.2 Å². The van der Waals surface area contributed by atoms with E-state index < -0.39 is 34.8 Å². The highest BCUT2D eigenvalue weighted by atomic mass is 35.5. The number of halogens is 1. The average Bonchev–Trinajstić information content (AvgIpc) is 4.03. The van der Waals surface area contributed by atoms with Crippen molar-refractivity contribution in [1.29, 1.82) is 0 Å². The van der Waals surface area contributed by atoms with Gasteiger partial charge in [-0.3, -0.25) is 24.0 Å². The van der Waals surface area contributed by atoms with Gasteiger partial charge in [-0.15, -0.1) is 0 Å². The van der Waals surface area contributed by atoms with Crippen LogP contribution in [0, 0.1) is 36.0 Å². The number of nitrogens with zero attached hydrogens (tertiary/aromatic N) is 2. The highest BCUT2D eigenvalue weighted by Gasteiger charge is 2.55. The fraction of sp³-hybridized carbons (Fsp3) is 0.707. The highest BCUT2D eigenvalue weighted by molar-refractivity contribution is 6.38. The van der Waals surface area contributed by atoms with Crippen molar-refractivity contribution in [2.75, 3.05) is 13.7 Å². The summed E-state index contributed by atoms with van der Waals surface area (Å²) in [6.07, 6.45) is 10.9. The van der Waals surface area contributed by atoms with Crippen LogP contribution in [0.1, 0.15) is 128 Å². The molecular weight excluding hydrogens is 682 g/mol. The molecule has 3 aliphatic carbocycles. The lowest BCUT2D eigenvalue weighted by atomic mass is 9.83. The van der Waals surface area contributed by atoms with Gasteiger partial charge >= 0.3 is 0 Å². The van der Waals surface area contributed by atoms with Crippen LogP contribution in [0.3, 0.4) is 0 Å². The van der Waals surface area contributed by atoms with E-state index >= 15 is 0 Å². The molecule has 1 aromatic rings. The third kappa shape index (κ3) is 9.08. The zero-order valence-corrected chi connectivity index (χ0v) is 32.3. The standard InChI is InChI=1S/C41H56ClN3O7/c1-24-15-35(51-5)30(42)20-29(24)31-21-41(52-44-31)22-32(33(46)19-28(16-26-11-12-26)37(49)34(47)17-27-13-14-27)45(23-41)39(50)38(40(2,3)4)43-36(48)18-25-9-7-6-8-10-25/h15,20,25-28,32,38H,6-14,16-19,21-23H2,1-5H3,(H,43,48)/t28-,32+,38-,41-/m1/s1. The van der Waals surface area contributed by atoms with Crippen molar-refractivity contribution in [3.05, 3.63) is 28.3 Å². The average molecular weight is 738 g/mol. The molecule has 4 atom stereocenters. The minimum Gasteiger partial charge on any atom is -0.495 e. The quantitative estimate of drug-likeness (QED) is 0.193. The van der Waals surface area contributed by atoms with E-state index in [0.29, 0.717) is 47.6 Å². The Morgan fingerprint density at radius 3 is 2.31 bits per heavy atom. The van der Waals surface area contributed by atoms with E-state index in [1.54, 1.807) is 18.1 Å². The lowest BCUT2D eigenvalue weighted by molar-refractivity contribution is -0.145. The molecule has 2 heterocycles. The molecule has 2 amide bonds. The Balaban J connectivity index is 1.25. The number of carbonyl (C=O) groups excluding carboxylic acids is 5. The Labute approximate surface area is 313 Å². The number of hydrogen-bond donors (Lipinski definition) is 1. The van der Waals surface area contributed by atoms with Crippen LogP contribution < -0.4 is 10.1 Å². The number of benzene rings is 1. The van der Waals surface area contributed by atoms with Gasteiger partial charge in [0.1, 0.15) is 11.8 Å². The molecule has 1 saturated heterocycles. The molecule has 1 aromatic carbocycles. The maximum atomic E-state index is 14.8. The summed E-state index contributed by atoms with van der Waals surface area (Å²) >= 11 is 6.50. The van der Waals surface area contributed by atoms with E-state index in [-0.39, 0.29) is 55.1 Å². The Morgan fingerprint density at radius 2 is 1.67 bits per heavy atom. The lowest BCUT2D eigenvalue weighted by Gasteiger charge is -2.36. The van der Waals surface area contributed by atoms with Crippen LogP contribution in [0.2, 0.25) is 5.02 Å². The molecule has 5 aliphatic rings. The molecular formula is C41H56ClN3O7. The van der Waals surface area contributed by atoms with Crippen molar-refractivity contribution in [2.45, 2.75) is 142 Å². The number of ketones is 3. The monoisotopic (exact) mass is 737 g/mol. The predicted octanol–water partition coefficient (Wildman–Crippen LogP) is 6.94. The van der Waals surface area contributed by atoms with E-state index in [9.17, 15) is 24.0 Å². The molecule has 3 saturated carbocycles. The molecule has 284 valence electrons. The second-order valence-corrected chi connectivity index (χ2v) is 17.9. The first-order valence-electron chi connectivity index (χ1n) is 19.5. The molecule has 2 aliphatic heterocycles. The predicted molar refractivity (Wildman–Crippen MR) is 198 cm³/mol. The van der Waals surface area contributed by atoms with E-state index in [0.717, 1.165) is 62.5 Å². The molecule has 0 unspecified atom stereocenters. The number of rotatable bonds is 15. The van der Waals surface area contributed by atoms with Crippen LogP contribution in [0.25, 0.3) is 0 Å². The molecule has 0 radical (unpaired) electrons. The molecule has 1 spiro atoms. The SMILES string of the molecule is COc1cc(C)c(C2=NO[C@]3(C2)C[C@@H](C(=O)C[C@@H](CC2CC2)C(=O)C(=O)CC2CC2)N(C(=O)[C@@H](NC(=O)CC2CCCCC2)C(C)(C)C)C3)cc1Cl. The number of methoxy groups -OCH3 is 1. The number of ether oxygens (including phenoxy) is 1. The first kappa shape index (κ1) is 38.5. The zero-order valence-electron chi connectivity index (χ0n) is 31.6. The number of aryl methyl sites for hydroxylation is 1. The van der Waals surface area contributed by atoms with E-state index in [1.807, 2.05) is 33.8 Å². The molecule has 10 nitrogen and oxygen atoms in total. The van der Waals surface area contributed by atoms with Gasteiger partial charge in [0, 0.05) is 43.6 Å². The van der Waals surface area contributed by atoms with E-state index in [4.69, 9.17) is 21.2 Å². The van der Waals surface area contributed by atoms with Crippen LogP contribution in [0.5, 0.6) is 5.75 Å². The van der Waals surface area contributed by atoms with Crippen LogP contribution in [0.15, 0.2) is 17.3 Å². The summed E-state index contributed by atoms with van der Waals surface area (Å²) in [5.41, 5.74) is 0.698. The highest BCUT2D eigenvalue weighted by Crippen LogP contribution is 2.43. The fourth-order valence-corrected chi connectivity index (χ4v) is 8.71. The number of Topliss-reactive ketones (excluding diaryl/α,β-unsaturated/α-hetero) is 3. The number of carbonyl (C=O) groups is 5. The van der Waals surface area contributed by atoms with Gasteiger partial charge in [-0.25, -0.2) is 0 Å². The van der Waals surface area contributed by atoms with Gasteiger partial charge in [0.05, 0.1) is 30.4 Å². The van der Waals surface area contributed by atoms with Crippen molar-refractivity contribution in [3.8, 4) is 5.75 Å². The van der Waals surface area contributed by atoms with Crippen molar-refractivity contribution in [3.63, 3.8) is 0 Å². The molecule has 11 heteroatoms. The molecule has 0 aromatic heterocycles. The third-order valence-corrected chi connectivity index (χ3v) is 12.2. The van der Waals surface area contributed by atoms with Crippen LogP contribution in [-0.4, -0.2) is 71.1 Å². The number of oxime groups is 1. The smallest absolute Gasteiger partial charge is 0.246 e. The van der Waals surface area contributed by atoms with Crippen molar-refractivity contribution in [2.24, 2.45) is 34.2 Å². The third-order valence-electron chi connectivity index (χ3n) is 11.9. The minimum atomic E-state index is -0.990. The van der Waals surface area contributed by atoms with Gasteiger partial charge in [0.25, 0.3) is 0 Å². The topological polar surface area (TPSA) is 131 Å². The first-order chi connectivity index (χ1) is 24.7. The Hall–Kier alpha value is -3.27. The van der Waals surface area contributed by atoms with E-state index in [1.165, 1.54) is 6.42 Å². The summed E-state index contributed by atoms with van der Waals surface area (Å²) in [5, 5.41) is 7.99. The summed E-state index contributed by atoms with van der Waals surface area (Å²) in [6, 6.07) is 1.84. The van der Waals surface area contributed by atoms with Gasteiger partial charge in [-0.2, -0.15) is 0 Å². The fourth-order valence-electron chi connectivity index (χ4n) is 8.47. The number of likely N-dealkylation sites (tertiary alicyclic amines) is 1. The van der Waals surface area contributed by atoms with Gasteiger partial charge in [0.2, 0.25) is 17.6 Å². The zero-order chi connectivity index (χ0) is 37.4. The summed E-state index contributed by atoms with van der Waals surface area (Å²) in [6.45, 7) is 7.77. The van der Waals surface area contributed by atoms with Crippen LogP contribution in [0.4, 0.5) is 0 Å². The summed E-state index contributed by atoms with van der Waals surface area (Å²) < 4.78 is 5.39. The maximum absolute atomic E-state index is 14.8. The summed E-state index contributed by atoms with van der Waals surface area (Å²) in [5.74, 6) is -0.838. The van der Waals surface area contributed by atoms with Crippen LogP contribution >= 0.6 is 11.6 Å². The van der Waals surface area contributed by atoms with Crippen molar-refractivity contribution >= 4 is 46.5 Å². The number of amides is 2. The maximum Gasteiger partial charge on any atom is 0.246 e. The number of nitrogens with one attached hydrogen (secondary N) is 1. The minimum absolute atomic E-state index is 0.0884. The normalized spacial score (nSPS) is 24.6. The Kier molecular flexibility index (Phi) is 11.5. The molecule has 0 bridgehead atoms. The molecule has 4 fully saturated rings. The van der Waals surface area contributed by atoms with Gasteiger partial charge < -0.3 is 19.8 Å². The van der Waals surface area contributed by atoms with Gasteiger partial charge in [-0.1, -0.05) is 69.6 Å². The summed E-state index contributed by atoms with van der Waals surface area (Å²) in [4.78, 5) is 77.0. The second-order valence-electron chi connectivity index (χ2n) is 17.5. The Bertz CT molecular complexity index is 1600. The first-order valence-corrected chi connectivity index (χ1v) is 19.8.